The molecular formula is C17H19ClN2O2. The first-order valence-electron chi connectivity index (χ1n) is 6.97. The molecule has 22 heavy (non-hydrogen) atoms. The second kappa shape index (κ2) is 7.29. The highest BCUT2D eigenvalue weighted by atomic mass is 35.5. The fraction of sp³-hybridized carbons (Fsp3) is 0.235. The Kier molecular flexibility index (Phi) is 5.41. The molecule has 2 aromatic carbocycles. The first-order valence-corrected chi connectivity index (χ1v) is 7.35. The lowest BCUT2D eigenvalue weighted by Crippen LogP contribution is -2.34. The number of benzene rings is 2. The predicted octanol–water partition coefficient (Wildman–Crippen LogP) is 3.08. The average molecular weight is 319 g/mol. The molecule has 1 atom stereocenters. The van der Waals surface area contributed by atoms with Crippen molar-refractivity contribution < 1.29 is 9.90 Å². The quantitative estimate of drug-likeness (QED) is 0.890. The summed E-state index contributed by atoms with van der Waals surface area (Å²) in [6, 6.07) is 14.0. The van der Waals surface area contributed by atoms with E-state index >= 15 is 0 Å². The lowest BCUT2D eigenvalue weighted by Gasteiger charge is -2.26. The summed E-state index contributed by atoms with van der Waals surface area (Å²) in [5, 5.41) is 13.2. The number of amides is 1. The summed E-state index contributed by atoms with van der Waals surface area (Å²) < 4.78 is 0. The van der Waals surface area contributed by atoms with Crippen LogP contribution in [0, 0.1) is 0 Å². The lowest BCUT2D eigenvalue weighted by molar-refractivity contribution is 0.0939. The van der Waals surface area contributed by atoms with Gasteiger partial charge in [0.05, 0.1) is 11.6 Å². The summed E-state index contributed by atoms with van der Waals surface area (Å²) in [5.74, 6) is -0.337. The Bertz CT molecular complexity index is 659. The number of phenols is 1. The molecule has 0 aliphatic carbocycles. The van der Waals surface area contributed by atoms with Gasteiger partial charge in [-0.1, -0.05) is 41.9 Å². The molecule has 116 valence electrons. The third-order valence-electron chi connectivity index (χ3n) is 3.49. The van der Waals surface area contributed by atoms with Crippen LogP contribution in [0.5, 0.6) is 5.75 Å². The summed E-state index contributed by atoms with van der Waals surface area (Å²) in [5.41, 5.74) is 1.21. The average Bonchev–Trinajstić information content (AvgIpc) is 2.49. The lowest BCUT2D eigenvalue weighted by atomic mass is 10.1. The molecule has 0 spiro atoms. The first-order chi connectivity index (χ1) is 10.5. The normalized spacial score (nSPS) is 12.2. The zero-order valence-electron chi connectivity index (χ0n) is 12.6. The monoisotopic (exact) mass is 318 g/mol. The number of phenolic OH excluding ortho intramolecular Hbond substituents is 1. The summed E-state index contributed by atoms with van der Waals surface area (Å²) in [6.45, 7) is 0.393. The SMILES string of the molecule is CN(C)C(CNC(=O)c1ccccc1O)c1ccccc1Cl. The molecule has 0 bridgehead atoms. The van der Waals surface area contributed by atoms with E-state index in [1.54, 1.807) is 18.2 Å². The number of hydrogen-bond acceptors (Lipinski definition) is 3. The van der Waals surface area contributed by atoms with E-state index in [1.165, 1.54) is 6.07 Å². The molecule has 0 heterocycles. The number of carbonyl (C=O) groups excluding carboxylic acids is 1. The molecule has 0 radical (unpaired) electrons. The fourth-order valence-corrected chi connectivity index (χ4v) is 2.53. The number of carbonyl (C=O) groups is 1. The third-order valence-corrected chi connectivity index (χ3v) is 3.84. The Balaban J connectivity index is 2.12. The minimum absolute atomic E-state index is 0.0286. The van der Waals surface area contributed by atoms with Crippen LogP contribution in [0.3, 0.4) is 0 Å². The minimum atomic E-state index is -0.308. The van der Waals surface area contributed by atoms with Crippen LogP contribution in [0.2, 0.25) is 5.02 Å². The first kappa shape index (κ1) is 16.3. The molecule has 4 nitrogen and oxygen atoms in total. The van der Waals surface area contributed by atoms with Crippen molar-refractivity contribution in [3.8, 4) is 5.75 Å². The number of para-hydroxylation sites is 1. The Labute approximate surface area is 135 Å². The van der Waals surface area contributed by atoms with Gasteiger partial charge in [-0.15, -0.1) is 0 Å². The number of aromatic hydroxyl groups is 1. The zero-order valence-corrected chi connectivity index (χ0v) is 13.3. The van der Waals surface area contributed by atoms with E-state index < -0.39 is 0 Å². The van der Waals surface area contributed by atoms with Gasteiger partial charge in [0.2, 0.25) is 0 Å². The van der Waals surface area contributed by atoms with E-state index in [-0.39, 0.29) is 23.3 Å². The number of nitrogens with zero attached hydrogens (tertiary/aromatic N) is 1. The Morgan fingerprint density at radius 2 is 1.82 bits per heavy atom. The molecule has 2 rings (SSSR count). The van der Waals surface area contributed by atoms with Gasteiger partial charge >= 0.3 is 0 Å². The summed E-state index contributed by atoms with van der Waals surface area (Å²) in [6.07, 6.45) is 0. The van der Waals surface area contributed by atoms with Gasteiger partial charge in [0.1, 0.15) is 5.75 Å². The molecule has 5 heteroatoms. The van der Waals surface area contributed by atoms with Crippen molar-refractivity contribution in [2.24, 2.45) is 0 Å². The molecular weight excluding hydrogens is 300 g/mol. The molecule has 1 unspecified atom stereocenters. The number of rotatable bonds is 5. The van der Waals surface area contributed by atoms with Crippen LogP contribution in [0.4, 0.5) is 0 Å². The van der Waals surface area contributed by atoms with Crippen molar-refractivity contribution in [2.75, 3.05) is 20.6 Å². The summed E-state index contributed by atoms with van der Waals surface area (Å²) in [7, 11) is 3.86. The van der Waals surface area contributed by atoms with E-state index in [0.717, 1.165) is 5.56 Å². The highest BCUT2D eigenvalue weighted by Crippen LogP contribution is 2.25. The van der Waals surface area contributed by atoms with Gasteiger partial charge in [0.25, 0.3) is 5.91 Å². The minimum Gasteiger partial charge on any atom is -0.507 e. The van der Waals surface area contributed by atoms with Crippen LogP contribution in [-0.2, 0) is 0 Å². The standard InChI is InChI=1S/C17H19ClN2O2/c1-20(2)15(12-7-3-5-9-14(12)18)11-19-17(22)13-8-4-6-10-16(13)21/h3-10,15,21H,11H2,1-2H3,(H,19,22). The fourth-order valence-electron chi connectivity index (χ4n) is 2.27. The second-order valence-electron chi connectivity index (χ2n) is 5.23. The highest BCUT2D eigenvalue weighted by molar-refractivity contribution is 6.31. The smallest absolute Gasteiger partial charge is 0.255 e. The largest absolute Gasteiger partial charge is 0.507 e. The van der Waals surface area contributed by atoms with Crippen molar-refractivity contribution in [1.29, 1.82) is 0 Å². The molecule has 0 aromatic heterocycles. The molecule has 1 amide bonds. The zero-order chi connectivity index (χ0) is 16.1. The Hall–Kier alpha value is -2.04. The van der Waals surface area contributed by atoms with E-state index in [9.17, 15) is 9.90 Å². The molecule has 0 aliphatic rings. The van der Waals surface area contributed by atoms with Gasteiger partial charge in [-0.25, -0.2) is 0 Å². The van der Waals surface area contributed by atoms with Crippen LogP contribution in [-0.4, -0.2) is 36.6 Å². The van der Waals surface area contributed by atoms with E-state index in [1.807, 2.05) is 43.3 Å². The van der Waals surface area contributed by atoms with Gasteiger partial charge in [0.15, 0.2) is 0 Å². The maximum Gasteiger partial charge on any atom is 0.255 e. The number of nitrogens with one attached hydrogen (secondary N) is 1. The molecule has 2 aromatic rings. The molecule has 0 fully saturated rings. The van der Waals surface area contributed by atoms with Gasteiger partial charge < -0.3 is 15.3 Å². The van der Waals surface area contributed by atoms with Crippen LogP contribution >= 0.6 is 11.6 Å². The molecule has 2 N–H and O–H groups in total. The maximum atomic E-state index is 12.2. The van der Waals surface area contributed by atoms with Gasteiger partial charge in [-0.3, -0.25) is 4.79 Å². The van der Waals surface area contributed by atoms with E-state index in [2.05, 4.69) is 5.32 Å². The summed E-state index contributed by atoms with van der Waals surface area (Å²) >= 11 is 6.24. The second-order valence-corrected chi connectivity index (χ2v) is 5.64. The van der Waals surface area contributed by atoms with Gasteiger partial charge in [-0.05, 0) is 37.9 Å². The highest BCUT2D eigenvalue weighted by Gasteiger charge is 2.19. The van der Waals surface area contributed by atoms with Crippen molar-refractivity contribution in [2.45, 2.75) is 6.04 Å². The van der Waals surface area contributed by atoms with Crippen LogP contribution < -0.4 is 5.32 Å². The Morgan fingerprint density at radius 3 is 2.45 bits per heavy atom. The van der Waals surface area contributed by atoms with Gasteiger partial charge in [-0.2, -0.15) is 0 Å². The van der Waals surface area contributed by atoms with Crippen molar-refractivity contribution in [3.63, 3.8) is 0 Å². The number of likely N-dealkylation sites (N-methyl/N-ethyl adjacent to an activating group) is 1. The number of halogens is 1. The predicted molar refractivity (Wildman–Crippen MR) is 88.3 cm³/mol. The van der Waals surface area contributed by atoms with Crippen molar-refractivity contribution in [3.05, 3.63) is 64.7 Å². The Morgan fingerprint density at radius 1 is 1.18 bits per heavy atom. The van der Waals surface area contributed by atoms with Crippen LogP contribution in [0.25, 0.3) is 0 Å². The van der Waals surface area contributed by atoms with Crippen LogP contribution in [0.1, 0.15) is 22.0 Å². The number of hydrogen-bond donors (Lipinski definition) is 2. The topological polar surface area (TPSA) is 52.6 Å². The van der Waals surface area contributed by atoms with Crippen molar-refractivity contribution in [1.82, 2.24) is 10.2 Å². The van der Waals surface area contributed by atoms with E-state index in [0.29, 0.717) is 11.6 Å². The van der Waals surface area contributed by atoms with E-state index in [4.69, 9.17) is 11.6 Å². The maximum absolute atomic E-state index is 12.2. The van der Waals surface area contributed by atoms with Crippen LogP contribution in [0.15, 0.2) is 48.5 Å². The molecule has 0 aliphatic heterocycles. The summed E-state index contributed by atoms with van der Waals surface area (Å²) in [4.78, 5) is 14.2. The third kappa shape index (κ3) is 3.78. The van der Waals surface area contributed by atoms with Gasteiger partial charge in [0, 0.05) is 11.6 Å². The molecule has 0 saturated carbocycles. The van der Waals surface area contributed by atoms with Crippen molar-refractivity contribution >= 4 is 17.5 Å². The molecule has 0 saturated heterocycles.